The number of carbonyl (C=O) groups excluding carboxylic acids is 1. The number of carbonyl (C=O) groups is 1. The maximum Gasteiger partial charge on any atom is 0.294 e. The lowest BCUT2D eigenvalue weighted by Crippen LogP contribution is -2.04. The molecule has 0 spiro atoms. The molecule has 1 aromatic heterocycles. The normalized spacial score (nSPS) is 11.6. The van der Waals surface area contributed by atoms with Gasteiger partial charge >= 0.3 is 0 Å². The molecule has 112 valence electrons. The lowest BCUT2D eigenvalue weighted by atomic mass is 10.1. The molecule has 0 amide bonds. The summed E-state index contributed by atoms with van der Waals surface area (Å²) in [5.74, 6) is 0.0282. The van der Waals surface area contributed by atoms with Crippen molar-refractivity contribution in [3.63, 3.8) is 0 Å². The Morgan fingerprint density at radius 2 is 1.90 bits per heavy atom. The first-order valence-electron chi connectivity index (χ1n) is 6.44. The third kappa shape index (κ3) is 4.00. The smallest absolute Gasteiger partial charge is 0.294 e. The Bertz CT molecular complexity index is 773. The van der Waals surface area contributed by atoms with Crippen molar-refractivity contribution in [1.82, 2.24) is 0 Å². The van der Waals surface area contributed by atoms with E-state index in [-0.39, 0.29) is 10.7 Å². The highest BCUT2D eigenvalue weighted by Crippen LogP contribution is 2.22. The Labute approximate surface area is 128 Å². The van der Waals surface area contributed by atoms with Crippen molar-refractivity contribution in [2.24, 2.45) is 0 Å². The van der Waals surface area contributed by atoms with Crippen molar-refractivity contribution in [2.75, 3.05) is 0 Å². The van der Waals surface area contributed by atoms with Gasteiger partial charge in [-0.25, -0.2) is 0 Å². The van der Waals surface area contributed by atoms with E-state index in [2.05, 4.69) is 0 Å². The average molecular weight is 324 g/mol. The fraction of sp³-hybridized carbons (Fsp3) is 0.267. The van der Waals surface area contributed by atoms with Gasteiger partial charge in [-0.3, -0.25) is 9.35 Å². The second-order valence-corrected chi connectivity index (χ2v) is 7.47. The number of benzene rings is 1. The molecular weight excluding hydrogens is 308 g/mol. The maximum atomic E-state index is 11.4. The molecule has 0 radical (unpaired) electrons. The zero-order chi connectivity index (χ0) is 15.6. The first-order valence-corrected chi connectivity index (χ1v) is 8.69. The molecular formula is C15H16O4S2. The van der Waals surface area contributed by atoms with E-state index >= 15 is 0 Å². The van der Waals surface area contributed by atoms with Crippen molar-refractivity contribution in [3.8, 4) is 0 Å². The zero-order valence-corrected chi connectivity index (χ0v) is 13.4. The SMILES string of the molecule is CC(=O)c1ccc(CCc2cc(C)ccc2S(=O)(=O)O)s1. The van der Waals surface area contributed by atoms with Gasteiger partial charge in [-0.05, 0) is 50.5 Å². The van der Waals surface area contributed by atoms with Crippen LogP contribution in [0.3, 0.4) is 0 Å². The van der Waals surface area contributed by atoms with Gasteiger partial charge in [0.15, 0.2) is 5.78 Å². The first-order chi connectivity index (χ1) is 9.77. The van der Waals surface area contributed by atoms with Crippen LogP contribution in [0.5, 0.6) is 0 Å². The van der Waals surface area contributed by atoms with E-state index in [0.29, 0.717) is 23.3 Å². The summed E-state index contributed by atoms with van der Waals surface area (Å²) in [5, 5.41) is 0. The lowest BCUT2D eigenvalue weighted by Gasteiger charge is -2.07. The van der Waals surface area contributed by atoms with Crippen LogP contribution in [-0.2, 0) is 23.0 Å². The molecule has 0 atom stereocenters. The van der Waals surface area contributed by atoms with E-state index in [9.17, 15) is 17.8 Å². The van der Waals surface area contributed by atoms with Crippen LogP contribution in [0.25, 0.3) is 0 Å². The fourth-order valence-corrected chi connectivity index (χ4v) is 3.75. The molecule has 0 saturated heterocycles. The van der Waals surface area contributed by atoms with E-state index in [1.165, 1.54) is 24.3 Å². The predicted molar refractivity (Wildman–Crippen MR) is 82.7 cm³/mol. The molecule has 0 fully saturated rings. The molecule has 1 aromatic carbocycles. The molecule has 0 aliphatic carbocycles. The summed E-state index contributed by atoms with van der Waals surface area (Å²) in [7, 11) is -4.21. The van der Waals surface area contributed by atoms with Crippen molar-refractivity contribution >= 4 is 27.2 Å². The standard InChI is InChI=1S/C15H16O4S2/c1-10-3-8-15(21(17,18)19)12(9-10)4-5-13-6-7-14(20-13)11(2)16/h3,6-9H,4-5H2,1-2H3,(H,17,18,19). The van der Waals surface area contributed by atoms with E-state index < -0.39 is 10.1 Å². The Morgan fingerprint density at radius 3 is 2.48 bits per heavy atom. The second-order valence-electron chi connectivity index (χ2n) is 4.91. The summed E-state index contributed by atoms with van der Waals surface area (Å²) >= 11 is 1.42. The van der Waals surface area contributed by atoms with Crippen molar-refractivity contribution in [3.05, 3.63) is 51.2 Å². The van der Waals surface area contributed by atoms with Gasteiger partial charge in [0.25, 0.3) is 10.1 Å². The molecule has 2 rings (SSSR count). The number of thiophene rings is 1. The van der Waals surface area contributed by atoms with Gasteiger partial charge in [0, 0.05) is 4.88 Å². The second kappa shape index (κ2) is 6.09. The van der Waals surface area contributed by atoms with Gasteiger partial charge in [-0.2, -0.15) is 8.42 Å². The first kappa shape index (κ1) is 15.9. The minimum absolute atomic E-state index is 0.0282. The summed E-state index contributed by atoms with van der Waals surface area (Å²) in [4.78, 5) is 12.9. The fourth-order valence-electron chi connectivity index (χ4n) is 2.11. The van der Waals surface area contributed by atoms with Crippen molar-refractivity contribution < 1.29 is 17.8 Å². The van der Waals surface area contributed by atoms with Crippen LogP contribution in [-0.4, -0.2) is 18.8 Å². The molecule has 2 aromatic rings. The molecule has 4 nitrogen and oxygen atoms in total. The van der Waals surface area contributed by atoms with Crippen molar-refractivity contribution in [2.45, 2.75) is 31.6 Å². The topological polar surface area (TPSA) is 71.4 Å². The van der Waals surface area contributed by atoms with Gasteiger partial charge in [-0.15, -0.1) is 11.3 Å². The van der Waals surface area contributed by atoms with Gasteiger partial charge in [0.2, 0.25) is 0 Å². The summed E-state index contributed by atoms with van der Waals surface area (Å²) in [6.45, 7) is 3.39. The van der Waals surface area contributed by atoms with Gasteiger partial charge < -0.3 is 0 Å². The number of rotatable bonds is 5. The Kier molecular flexibility index (Phi) is 4.61. The largest absolute Gasteiger partial charge is 0.294 e. The molecule has 0 saturated carbocycles. The Hall–Kier alpha value is -1.50. The summed E-state index contributed by atoms with van der Waals surface area (Å²) in [6, 6.07) is 8.51. The quantitative estimate of drug-likeness (QED) is 0.676. The number of ketones is 1. The van der Waals surface area contributed by atoms with Crippen LogP contribution in [0.4, 0.5) is 0 Å². The van der Waals surface area contributed by atoms with Crippen LogP contribution in [0.15, 0.2) is 35.2 Å². The molecule has 0 aliphatic heterocycles. The lowest BCUT2D eigenvalue weighted by molar-refractivity contribution is 0.102. The van der Waals surface area contributed by atoms with E-state index in [4.69, 9.17) is 0 Å². The molecule has 0 bridgehead atoms. The predicted octanol–water partition coefficient (Wildman–Crippen LogP) is 3.29. The van der Waals surface area contributed by atoms with E-state index in [1.54, 1.807) is 18.2 Å². The van der Waals surface area contributed by atoms with Crippen LogP contribution in [0.1, 0.15) is 32.6 Å². The third-order valence-electron chi connectivity index (χ3n) is 3.14. The Balaban J connectivity index is 2.23. The Morgan fingerprint density at radius 1 is 1.19 bits per heavy atom. The monoisotopic (exact) mass is 324 g/mol. The van der Waals surface area contributed by atoms with Crippen LogP contribution >= 0.6 is 11.3 Å². The molecule has 21 heavy (non-hydrogen) atoms. The maximum absolute atomic E-state index is 11.4. The van der Waals surface area contributed by atoms with Crippen LogP contribution in [0.2, 0.25) is 0 Å². The highest BCUT2D eigenvalue weighted by Gasteiger charge is 2.15. The highest BCUT2D eigenvalue weighted by molar-refractivity contribution is 7.85. The average Bonchev–Trinajstić information content (AvgIpc) is 2.83. The molecule has 1 N–H and O–H groups in total. The molecule has 0 aliphatic rings. The van der Waals surface area contributed by atoms with Crippen molar-refractivity contribution in [1.29, 1.82) is 0 Å². The minimum atomic E-state index is -4.21. The number of Topliss-reactive ketones (excluding diaryl/α,β-unsaturated/α-hetero) is 1. The molecule has 6 heteroatoms. The summed E-state index contributed by atoms with van der Waals surface area (Å²) in [6.07, 6.45) is 1.12. The number of hydrogen-bond acceptors (Lipinski definition) is 4. The minimum Gasteiger partial charge on any atom is -0.294 e. The van der Waals surface area contributed by atoms with Gasteiger partial charge in [0.1, 0.15) is 0 Å². The highest BCUT2D eigenvalue weighted by atomic mass is 32.2. The number of aryl methyl sites for hydroxylation is 3. The van der Waals surface area contributed by atoms with E-state index in [1.807, 2.05) is 13.0 Å². The third-order valence-corrected chi connectivity index (χ3v) is 5.34. The number of hydrogen-bond donors (Lipinski definition) is 1. The summed E-state index contributed by atoms with van der Waals surface area (Å²) < 4.78 is 32.0. The van der Waals surface area contributed by atoms with Gasteiger partial charge in [-0.1, -0.05) is 17.7 Å². The molecule has 1 heterocycles. The van der Waals surface area contributed by atoms with E-state index in [0.717, 1.165) is 10.4 Å². The van der Waals surface area contributed by atoms with Crippen LogP contribution in [0, 0.1) is 6.92 Å². The van der Waals surface area contributed by atoms with Crippen LogP contribution < -0.4 is 0 Å². The zero-order valence-electron chi connectivity index (χ0n) is 11.8. The summed E-state index contributed by atoms with van der Waals surface area (Å²) in [5.41, 5.74) is 1.53. The molecule has 0 unspecified atom stereocenters. The van der Waals surface area contributed by atoms with Gasteiger partial charge in [0.05, 0.1) is 9.77 Å².